The van der Waals surface area contributed by atoms with E-state index in [1.165, 1.54) is 49.5 Å². The molecule has 4 aromatic rings. The van der Waals surface area contributed by atoms with Gasteiger partial charge in [-0.3, -0.25) is 9.59 Å². The lowest BCUT2D eigenvalue weighted by Gasteiger charge is -2.13. The number of aromatic nitrogens is 1. The smallest absolute Gasteiger partial charge is 0.405 e. The second-order valence-electron chi connectivity index (χ2n) is 8.72. The normalized spacial score (nSPS) is 12.0. The maximum Gasteiger partial charge on any atom is 0.405 e. The molecule has 2 N–H and O–H groups in total. The van der Waals surface area contributed by atoms with Crippen molar-refractivity contribution in [3.63, 3.8) is 0 Å². The van der Waals surface area contributed by atoms with Crippen molar-refractivity contribution in [3.05, 3.63) is 77.2 Å². The van der Waals surface area contributed by atoms with Gasteiger partial charge in [-0.15, -0.1) is 0 Å². The molecule has 0 bridgehead atoms. The SMILES string of the molecule is CNC(=O)c1c(-c2ccc(F)cc2)oc2nc(CCC(F)(F)F)c(-c3cccc(C(=O)NCC(F)(F)F)c3)cc12. The van der Waals surface area contributed by atoms with Crippen LogP contribution in [0.2, 0.25) is 0 Å². The molecule has 4 rings (SSSR count). The topological polar surface area (TPSA) is 84.2 Å². The second kappa shape index (κ2) is 11.0. The third-order valence-corrected chi connectivity index (χ3v) is 5.85. The first kappa shape index (κ1) is 28.6. The van der Waals surface area contributed by atoms with Crippen molar-refractivity contribution in [1.82, 2.24) is 15.6 Å². The Morgan fingerprint density at radius 3 is 2.23 bits per heavy atom. The molecule has 0 fully saturated rings. The molecular weight excluding hydrogens is 547 g/mol. The molecule has 0 aliphatic carbocycles. The van der Waals surface area contributed by atoms with Crippen molar-refractivity contribution >= 4 is 22.9 Å². The van der Waals surface area contributed by atoms with Crippen LogP contribution in [0.1, 0.15) is 32.8 Å². The summed E-state index contributed by atoms with van der Waals surface area (Å²) in [4.78, 5) is 29.5. The molecule has 13 heteroatoms. The van der Waals surface area contributed by atoms with Crippen molar-refractivity contribution < 1.29 is 44.7 Å². The predicted molar refractivity (Wildman–Crippen MR) is 131 cm³/mol. The summed E-state index contributed by atoms with van der Waals surface area (Å²) in [5, 5.41) is 4.32. The lowest BCUT2D eigenvalue weighted by atomic mass is 9.96. The molecule has 40 heavy (non-hydrogen) atoms. The fraction of sp³-hybridized carbons (Fsp3) is 0.222. The molecule has 2 aromatic carbocycles. The van der Waals surface area contributed by atoms with Gasteiger partial charge in [0.25, 0.3) is 11.8 Å². The van der Waals surface area contributed by atoms with Crippen LogP contribution in [0.25, 0.3) is 33.6 Å². The average Bonchev–Trinajstić information content (AvgIpc) is 3.27. The highest BCUT2D eigenvalue weighted by atomic mass is 19.4. The standard InChI is InChI=1S/C27H20F7N3O3/c1-35-24(39)21-19-12-18(15-3-2-4-16(11-15)23(38)36-13-27(32,33)34)20(9-10-26(29,30)31)37-25(19)40-22(21)14-5-7-17(28)8-6-14/h2-8,11-12H,9-10,13H2,1H3,(H,35,39)(H,36,38). The molecule has 0 aliphatic rings. The largest absolute Gasteiger partial charge is 0.437 e. The molecule has 0 atom stereocenters. The van der Waals surface area contributed by atoms with Gasteiger partial charge in [-0.1, -0.05) is 12.1 Å². The number of hydrogen-bond donors (Lipinski definition) is 2. The van der Waals surface area contributed by atoms with Gasteiger partial charge < -0.3 is 15.1 Å². The molecule has 6 nitrogen and oxygen atoms in total. The third-order valence-electron chi connectivity index (χ3n) is 5.85. The summed E-state index contributed by atoms with van der Waals surface area (Å²) in [5.41, 5.74) is 0.171. The van der Waals surface area contributed by atoms with Gasteiger partial charge in [-0.05, 0) is 54.4 Å². The molecule has 0 saturated carbocycles. The Labute approximate surface area is 222 Å². The quantitative estimate of drug-likeness (QED) is 0.252. The Bertz CT molecular complexity index is 1560. The first-order chi connectivity index (χ1) is 18.8. The number of benzene rings is 2. The summed E-state index contributed by atoms with van der Waals surface area (Å²) in [5.74, 6) is -2.21. The molecule has 0 saturated heterocycles. The third kappa shape index (κ3) is 6.58. The van der Waals surface area contributed by atoms with Crippen LogP contribution in [-0.2, 0) is 6.42 Å². The summed E-state index contributed by atoms with van der Waals surface area (Å²) in [6, 6.07) is 11.6. The van der Waals surface area contributed by atoms with Crippen LogP contribution in [-0.4, -0.2) is 42.7 Å². The van der Waals surface area contributed by atoms with E-state index in [4.69, 9.17) is 4.42 Å². The fourth-order valence-electron chi connectivity index (χ4n) is 4.03. The number of aryl methyl sites for hydroxylation is 1. The lowest BCUT2D eigenvalue weighted by molar-refractivity contribution is -0.134. The Morgan fingerprint density at radius 1 is 0.900 bits per heavy atom. The molecule has 0 aliphatic heterocycles. The van der Waals surface area contributed by atoms with Crippen LogP contribution < -0.4 is 10.6 Å². The predicted octanol–water partition coefficient (Wildman–Crippen LogP) is 6.45. The summed E-state index contributed by atoms with van der Waals surface area (Å²) in [6.07, 6.45) is -11.0. The zero-order valence-corrected chi connectivity index (χ0v) is 20.6. The van der Waals surface area contributed by atoms with Crippen molar-refractivity contribution in [1.29, 1.82) is 0 Å². The number of rotatable bonds is 7. The van der Waals surface area contributed by atoms with Crippen LogP contribution in [0, 0.1) is 5.82 Å². The maximum atomic E-state index is 13.5. The monoisotopic (exact) mass is 567 g/mol. The van der Waals surface area contributed by atoms with E-state index in [2.05, 4.69) is 10.3 Å². The van der Waals surface area contributed by atoms with Crippen LogP contribution in [0.3, 0.4) is 0 Å². The molecule has 210 valence electrons. The number of carbonyl (C=O) groups excluding carboxylic acids is 2. The maximum absolute atomic E-state index is 13.5. The number of furan rings is 1. The summed E-state index contributed by atoms with van der Waals surface area (Å²) < 4.78 is 96.4. The van der Waals surface area contributed by atoms with E-state index in [9.17, 15) is 40.3 Å². The number of alkyl halides is 6. The van der Waals surface area contributed by atoms with Gasteiger partial charge in [0.15, 0.2) is 0 Å². The van der Waals surface area contributed by atoms with Gasteiger partial charge in [0, 0.05) is 30.2 Å². The zero-order valence-electron chi connectivity index (χ0n) is 20.6. The summed E-state index contributed by atoms with van der Waals surface area (Å²) in [6.45, 7) is -1.57. The minimum atomic E-state index is -4.65. The number of pyridine rings is 1. The Balaban J connectivity index is 1.89. The van der Waals surface area contributed by atoms with Gasteiger partial charge in [0.05, 0.1) is 16.6 Å². The number of nitrogens with zero attached hydrogens (tertiary/aromatic N) is 1. The van der Waals surface area contributed by atoms with Gasteiger partial charge in [0.2, 0.25) is 5.71 Å². The molecule has 0 unspecified atom stereocenters. The van der Waals surface area contributed by atoms with E-state index in [0.717, 1.165) is 12.1 Å². The van der Waals surface area contributed by atoms with E-state index < -0.39 is 49.4 Å². The summed E-state index contributed by atoms with van der Waals surface area (Å²) in [7, 11) is 1.35. The van der Waals surface area contributed by atoms with Gasteiger partial charge >= 0.3 is 12.4 Å². The van der Waals surface area contributed by atoms with E-state index in [-0.39, 0.29) is 44.8 Å². The summed E-state index contributed by atoms with van der Waals surface area (Å²) >= 11 is 0. The number of hydrogen-bond acceptors (Lipinski definition) is 4. The highest BCUT2D eigenvalue weighted by molar-refractivity contribution is 6.11. The zero-order chi connectivity index (χ0) is 29.2. The highest BCUT2D eigenvalue weighted by Crippen LogP contribution is 2.37. The molecule has 0 spiro atoms. The number of halogens is 7. The van der Waals surface area contributed by atoms with Crippen LogP contribution in [0.4, 0.5) is 30.7 Å². The van der Waals surface area contributed by atoms with Gasteiger partial charge in [-0.2, -0.15) is 26.3 Å². The molecule has 0 radical (unpaired) electrons. The molecule has 2 heterocycles. The average molecular weight is 567 g/mol. The van der Waals surface area contributed by atoms with E-state index in [1.54, 1.807) is 5.32 Å². The van der Waals surface area contributed by atoms with Gasteiger partial charge in [-0.25, -0.2) is 9.37 Å². The Morgan fingerprint density at radius 2 is 1.60 bits per heavy atom. The number of carbonyl (C=O) groups is 2. The fourth-order valence-corrected chi connectivity index (χ4v) is 4.03. The first-order valence-electron chi connectivity index (χ1n) is 11.7. The lowest BCUT2D eigenvalue weighted by Crippen LogP contribution is -2.33. The van der Waals surface area contributed by atoms with Crippen LogP contribution in [0.5, 0.6) is 0 Å². The molecular formula is C27H20F7N3O3. The van der Waals surface area contributed by atoms with Crippen LogP contribution in [0.15, 0.2) is 59.0 Å². The van der Waals surface area contributed by atoms with Crippen LogP contribution >= 0.6 is 0 Å². The second-order valence-corrected chi connectivity index (χ2v) is 8.72. The number of fused-ring (bicyclic) bond motifs is 1. The molecule has 2 aromatic heterocycles. The first-order valence-corrected chi connectivity index (χ1v) is 11.7. The van der Waals surface area contributed by atoms with E-state index in [1.807, 2.05) is 0 Å². The Hall–Kier alpha value is -4.42. The molecule has 2 amide bonds. The van der Waals surface area contributed by atoms with Gasteiger partial charge in [0.1, 0.15) is 18.1 Å². The van der Waals surface area contributed by atoms with Crippen molar-refractivity contribution in [2.45, 2.75) is 25.2 Å². The van der Waals surface area contributed by atoms with E-state index >= 15 is 0 Å². The highest BCUT2D eigenvalue weighted by Gasteiger charge is 2.30. The minimum Gasteiger partial charge on any atom is -0.437 e. The van der Waals surface area contributed by atoms with Crippen molar-refractivity contribution in [2.24, 2.45) is 0 Å². The van der Waals surface area contributed by atoms with E-state index in [0.29, 0.717) is 5.56 Å². The van der Waals surface area contributed by atoms with Crippen molar-refractivity contribution in [3.8, 4) is 22.5 Å². The number of amides is 2. The minimum absolute atomic E-state index is 0.000973. The number of nitrogens with one attached hydrogen (secondary N) is 2. The van der Waals surface area contributed by atoms with Crippen molar-refractivity contribution in [2.75, 3.05) is 13.6 Å². The Kier molecular flexibility index (Phi) is 7.85.